The van der Waals surface area contributed by atoms with Crippen molar-refractivity contribution in [3.8, 4) is 17.2 Å². The Balaban J connectivity index is 2.39. The van der Waals surface area contributed by atoms with Crippen molar-refractivity contribution < 1.29 is 19.3 Å². The zero-order chi connectivity index (χ0) is 19.3. The molecule has 0 aliphatic carbocycles. The normalized spacial score (nSPS) is 13.8. The predicted molar refractivity (Wildman–Crippen MR) is 103 cm³/mol. The van der Waals surface area contributed by atoms with Gasteiger partial charge in [-0.2, -0.15) is 0 Å². The fraction of sp³-hybridized carbons (Fsp3) is 0.429. The van der Waals surface area contributed by atoms with Crippen LogP contribution < -0.4 is 19.9 Å². The van der Waals surface area contributed by atoms with Crippen LogP contribution >= 0.6 is 0 Å². The monoisotopic (exact) mass is 359 g/mol. The Morgan fingerprint density at radius 3 is 2.08 bits per heavy atom. The van der Waals surface area contributed by atoms with E-state index in [-0.39, 0.29) is 5.41 Å². The molecule has 2 aromatic rings. The minimum Gasteiger partial charge on any atom is -0.493 e. The van der Waals surface area contributed by atoms with E-state index in [4.69, 9.17) is 19.9 Å². The second-order valence-electron chi connectivity index (χ2n) is 7.36. The van der Waals surface area contributed by atoms with Crippen molar-refractivity contribution in [3.05, 3.63) is 53.6 Å². The first-order valence-corrected chi connectivity index (χ1v) is 8.64. The summed E-state index contributed by atoms with van der Waals surface area (Å²) in [4.78, 5) is 0. The summed E-state index contributed by atoms with van der Waals surface area (Å²) in [5.41, 5.74) is 7.73. The Labute approximate surface area is 155 Å². The van der Waals surface area contributed by atoms with Crippen LogP contribution in [-0.2, 0) is 6.61 Å². The maximum atomic E-state index is 10.7. The average Bonchev–Trinajstić information content (AvgIpc) is 2.64. The SMILES string of the molecule is COc1cc(OCc2ccccc2)c([C@H](N)[C@H](O)C(C)(C)C)cc1OC. The summed E-state index contributed by atoms with van der Waals surface area (Å²) in [7, 11) is 3.14. The molecule has 3 N–H and O–H groups in total. The Morgan fingerprint density at radius 2 is 1.54 bits per heavy atom. The van der Waals surface area contributed by atoms with E-state index in [1.165, 1.54) is 0 Å². The Kier molecular flexibility index (Phi) is 6.51. The first-order chi connectivity index (χ1) is 12.3. The van der Waals surface area contributed by atoms with Crippen LogP contribution in [0.4, 0.5) is 0 Å². The molecule has 0 spiro atoms. The van der Waals surface area contributed by atoms with Crippen molar-refractivity contribution in [1.29, 1.82) is 0 Å². The highest BCUT2D eigenvalue weighted by Crippen LogP contribution is 2.40. The molecule has 2 atom stereocenters. The van der Waals surface area contributed by atoms with E-state index in [1.54, 1.807) is 26.4 Å². The van der Waals surface area contributed by atoms with Gasteiger partial charge in [0.25, 0.3) is 0 Å². The number of methoxy groups -OCH3 is 2. The second-order valence-corrected chi connectivity index (χ2v) is 7.36. The fourth-order valence-corrected chi connectivity index (χ4v) is 2.71. The van der Waals surface area contributed by atoms with Crippen LogP contribution in [0, 0.1) is 5.41 Å². The number of benzene rings is 2. The number of hydrogen-bond donors (Lipinski definition) is 2. The Hall–Kier alpha value is -2.24. The van der Waals surface area contributed by atoms with Crippen LogP contribution in [0.5, 0.6) is 17.2 Å². The second kappa shape index (κ2) is 8.43. The van der Waals surface area contributed by atoms with E-state index in [0.717, 1.165) is 5.56 Å². The van der Waals surface area contributed by atoms with Crippen LogP contribution in [0.15, 0.2) is 42.5 Å². The molecule has 0 heterocycles. The number of hydrogen-bond acceptors (Lipinski definition) is 5. The summed E-state index contributed by atoms with van der Waals surface area (Å²) in [6.45, 7) is 6.23. The van der Waals surface area contributed by atoms with E-state index in [2.05, 4.69) is 0 Å². The first kappa shape index (κ1) is 20.1. The maximum Gasteiger partial charge on any atom is 0.164 e. The average molecular weight is 359 g/mol. The maximum absolute atomic E-state index is 10.7. The zero-order valence-electron chi connectivity index (χ0n) is 16.2. The fourth-order valence-electron chi connectivity index (χ4n) is 2.71. The van der Waals surface area contributed by atoms with Gasteiger partial charge in [0.1, 0.15) is 12.4 Å². The van der Waals surface area contributed by atoms with Crippen LogP contribution in [0.25, 0.3) is 0 Å². The molecule has 0 aliphatic rings. The standard InChI is InChI=1S/C21H29NO4/c1-21(2,3)20(23)19(22)15-11-17(24-4)18(25-5)12-16(15)26-13-14-9-7-6-8-10-14/h6-12,19-20,23H,13,22H2,1-5H3/t19-,20-/m0/s1. The minimum atomic E-state index is -0.750. The molecule has 0 bridgehead atoms. The van der Waals surface area contributed by atoms with Crippen molar-refractivity contribution in [2.75, 3.05) is 14.2 Å². The van der Waals surface area contributed by atoms with Crippen molar-refractivity contribution in [2.45, 2.75) is 39.5 Å². The predicted octanol–water partition coefficient (Wildman–Crippen LogP) is 3.69. The Morgan fingerprint density at radius 1 is 0.962 bits per heavy atom. The lowest BCUT2D eigenvalue weighted by Crippen LogP contribution is -2.37. The summed E-state index contributed by atoms with van der Waals surface area (Å²) >= 11 is 0. The molecule has 2 rings (SSSR count). The third kappa shape index (κ3) is 4.68. The van der Waals surface area contributed by atoms with Gasteiger partial charge in [-0.25, -0.2) is 0 Å². The van der Waals surface area contributed by atoms with Gasteiger partial charge >= 0.3 is 0 Å². The summed E-state index contributed by atoms with van der Waals surface area (Å²) in [5.74, 6) is 1.67. The van der Waals surface area contributed by atoms with Crippen LogP contribution in [0.2, 0.25) is 0 Å². The third-order valence-electron chi connectivity index (χ3n) is 4.34. The van der Waals surface area contributed by atoms with E-state index in [0.29, 0.717) is 29.4 Å². The number of aliphatic hydroxyl groups is 1. The highest BCUT2D eigenvalue weighted by Gasteiger charge is 2.31. The van der Waals surface area contributed by atoms with Gasteiger partial charge in [-0.15, -0.1) is 0 Å². The lowest BCUT2D eigenvalue weighted by Gasteiger charge is -2.32. The molecule has 0 saturated carbocycles. The number of nitrogens with two attached hydrogens (primary N) is 1. The van der Waals surface area contributed by atoms with Gasteiger partial charge < -0.3 is 25.1 Å². The van der Waals surface area contributed by atoms with Gasteiger partial charge in [0.15, 0.2) is 11.5 Å². The quantitative estimate of drug-likeness (QED) is 0.789. The minimum absolute atomic E-state index is 0.372. The van der Waals surface area contributed by atoms with Gasteiger partial charge in [0.2, 0.25) is 0 Å². The van der Waals surface area contributed by atoms with Crippen molar-refractivity contribution >= 4 is 0 Å². The molecule has 0 fully saturated rings. The molecule has 142 valence electrons. The molecule has 0 saturated heterocycles. The summed E-state index contributed by atoms with van der Waals surface area (Å²) in [6, 6.07) is 12.8. The van der Waals surface area contributed by atoms with Crippen molar-refractivity contribution in [3.63, 3.8) is 0 Å². The Bertz CT molecular complexity index is 710. The lowest BCUT2D eigenvalue weighted by atomic mass is 9.82. The molecule has 0 aliphatic heterocycles. The topological polar surface area (TPSA) is 73.9 Å². The summed E-state index contributed by atoms with van der Waals surface area (Å²) in [5, 5.41) is 10.7. The van der Waals surface area contributed by atoms with Crippen LogP contribution in [0.3, 0.4) is 0 Å². The molecule has 5 heteroatoms. The number of aliphatic hydroxyl groups excluding tert-OH is 1. The summed E-state index contributed by atoms with van der Waals surface area (Å²) in [6.07, 6.45) is -0.750. The van der Waals surface area contributed by atoms with Gasteiger partial charge in [-0.3, -0.25) is 0 Å². The number of rotatable bonds is 7. The first-order valence-electron chi connectivity index (χ1n) is 8.64. The van der Waals surface area contributed by atoms with Gasteiger partial charge in [-0.05, 0) is 17.0 Å². The van der Waals surface area contributed by atoms with E-state index < -0.39 is 12.1 Å². The summed E-state index contributed by atoms with van der Waals surface area (Å²) < 4.78 is 16.8. The molecule has 0 unspecified atom stereocenters. The van der Waals surface area contributed by atoms with Gasteiger partial charge in [0.05, 0.1) is 26.4 Å². The zero-order valence-corrected chi connectivity index (χ0v) is 16.2. The molecule has 0 amide bonds. The highest BCUT2D eigenvalue weighted by atomic mass is 16.5. The van der Waals surface area contributed by atoms with Crippen LogP contribution in [0.1, 0.15) is 37.9 Å². The molecular weight excluding hydrogens is 330 g/mol. The molecule has 0 radical (unpaired) electrons. The van der Waals surface area contributed by atoms with Crippen molar-refractivity contribution in [2.24, 2.45) is 11.1 Å². The van der Waals surface area contributed by atoms with E-state index >= 15 is 0 Å². The van der Waals surface area contributed by atoms with Gasteiger partial charge in [0, 0.05) is 11.6 Å². The van der Waals surface area contributed by atoms with Gasteiger partial charge in [-0.1, -0.05) is 51.1 Å². The molecule has 0 aromatic heterocycles. The van der Waals surface area contributed by atoms with Crippen molar-refractivity contribution in [1.82, 2.24) is 0 Å². The number of ether oxygens (including phenoxy) is 3. The third-order valence-corrected chi connectivity index (χ3v) is 4.34. The lowest BCUT2D eigenvalue weighted by molar-refractivity contribution is 0.0391. The largest absolute Gasteiger partial charge is 0.493 e. The van der Waals surface area contributed by atoms with Crippen LogP contribution in [-0.4, -0.2) is 25.4 Å². The highest BCUT2D eigenvalue weighted by molar-refractivity contribution is 5.52. The molecular formula is C21H29NO4. The van der Waals surface area contributed by atoms with E-state index in [9.17, 15) is 5.11 Å². The smallest absolute Gasteiger partial charge is 0.164 e. The molecule has 5 nitrogen and oxygen atoms in total. The van der Waals surface area contributed by atoms with E-state index in [1.807, 2.05) is 51.1 Å². The molecule has 2 aromatic carbocycles. The molecule has 26 heavy (non-hydrogen) atoms.